The average Bonchev–Trinajstić information content (AvgIpc) is 2.72. The summed E-state index contributed by atoms with van der Waals surface area (Å²) in [5.74, 6) is 0. The first kappa shape index (κ1) is 37.7. The standard InChI is InChI=1S/C16H18O2S.C13H20O2S.3CH4/c1-16(2,3)19(17,18)15-11-7-10-14(12-15)13-8-5-4-6-9-13;1-9-7-10(2)12(11(3)8-9)16(14,15)13(4,5)6;;;/h4-12H,1-3H3;7-8H,1-6H3;3*1H4. The maximum Gasteiger partial charge on any atom is 0.183 e. The van der Waals surface area contributed by atoms with E-state index in [1.165, 1.54) is 0 Å². The van der Waals surface area contributed by atoms with Gasteiger partial charge in [-0.05, 0) is 96.7 Å². The monoisotopic (exact) mass is 562 g/mol. The molecule has 0 aliphatic carbocycles. The van der Waals surface area contributed by atoms with E-state index in [9.17, 15) is 16.8 Å². The van der Waals surface area contributed by atoms with Crippen LogP contribution in [-0.2, 0) is 19.7 Å². The molecule has 0 saturated carbocycles. The maximum absolute atomic E-state index is 12.4. The molecule has 0 bridgehead atoms. The van der Waals surface area contributed by atoms with Gasteiger partial charge in [-0.2, -0.15) is 0 Å². The highest BCUT2D eigenvalue weighted by Crippen LogP contribution is 2.31. The van der Waals surface area contributed by atoms with Crippen LogP contribution in [0.2, 0.25) is 0 Å². The Kier molecular flexibility index (Phi) is 13.5. The minimum Gasteiger partial charge on any atom is -0.223 e. The van der Waals surface area contributed by atoms with Crippen LogP contribution in [0.3, 0.4) is 0 Å². The molecule has 214 valence electrons. The molecule has 0 aliphatic heterocycles. The lowest BCUT2D eigenvalue weighted by molar-refractivity contribution is 0.558. The molecule has 0 N–H and O–H groups in total. The van der Waals surface area contributed by atoms with Crippen LogP contribution in [-0.4, -0.2) is 26.3 Å². The summed E-state index contributed by atoms with van der Waals surface area (Å²) in [6.07, 6.45) is 0. The Bertz CT molecular complexity index is 1370. The molecule has 0 aliphatic rings. The lowest BCUT2D eigenvalue weighted by Gasteiger charge is -2.22. The molecule has 0 amide bonds. The van der Waals surface area contributed by atoms with Crippen molar-refractivity contribution in [1.29, 1.82) is 0 Å². The van der Waals surface area contributed by atoms with Gasteiger partial charge in [0.15, 0.2) is 19.7 Å². The van der Waals surface area contributed by atoms with Crippen molar-refractivity contribution in [2.24, 2.45) is 0 Å². The summed E-state index contributed by atoms with van der Waals surface area (Å²) in [6.45, 7) is 16.1. The van der Waals surface area contributed by atoms with Gasteiger partial charge in [0.05, 0.1) is 19.3 Å². The molecule has 0 fully saturated rings. The Morgan fingerprint density at radius 3 is 1.37 bits per heavy atom. The lowest BCUT2D eigenvalue weighted by Crippen LogP contribution is -2.29. The van der Waals surface area contributed by atoms with E-state index < -0.39 is 29.2 Å². The fraction of sp³-hybridized carbons (Fsp3) is 0.438. The van der Waals surface area contributed by atoms with Crippen LogP contribution in [0, 0.1) is 20.8 Å². The van der Waals surface area contributed by atoms with Crippen LogP contribution >= 0.6 is 0 Å². The molecule has 0 atom stereocenters. The first-order chi connectivity index (χ1) is 15.9. The molecule has 0 spiro atoms. The molecule has 4 nitrogen and oxygen atoms in total. The summed E-state index contributed by atoms with van der Waals surface area (Å²) in [4.78, 5) is 0.868. The van der Waals surface area contributed by atoms with E-state index in [1.54, 1.807) is 59.7 Å². The molecule has 6 heteroatoms. The van der Waals surface area contributed by atoms with Crippen LogP contribution in [0.15, 0.2) is 76.5 Å². The van der Waals surface area contributed by atoms with Gasteiger partial charge in [-0.25, -0.2) is 16.8 Å². The smallest absolute Gasteiger partial charge is 0.183 e. The third kappa shape index (κ3) is 8.28. The summed E-state index contributed by atoms with van der Waals surface area (Å²) in [6, 6.07) is 20.8. The van der Waals surface area contributed by atoms with Crippen molar-refractivity contribution in [3.05, 3.63) is 83.4 Å². The molecular formula is C32H50O4S2. The molecule has 0 unspecified atom stereocenters. The Labute approximate surface area is 234 Å². The summed E-state index contributed by atoms with van der Waals surface area (Å²) in [5, 5.41) is 0. The Hall–Kier alpha value is -2.44. The normalized spacial score (nSPS) is 11.6. The van der Waals surface area contributed by atoms with Gasteiger partial charge in [-0.15, -0.1) is 0 Å². The van der Waals surface area contributed by atoms with E-state index in [0.717, 1.165) is 27.8 Å². The van der Waals surface area contributed by atoms with Crippen molar-refractivity contribution in [2.75, 3.05) is 0 Å². The highest BCUT2D eigenvalue weighted by molar-refractivity contribution is 7.93. The van der Waals surface area contributed by atoms with Gasteiger partial charge >= 0.3 is 0 Å². The quantitative estimate of drug-likeness (QED) is 0.319. The predicted molar refractivity (Wildman–Crippen MR) is 167 cm³/mol. The van der Waals surface area contributed by atoms with Crippen molar-refractivity contribution in [1.82, 2.24) is 0 Å². The van der Waals surface area contributed by atoms with E-state index in [4.69, 9.17) is 0 Å². The second-order valence-electron chi connectivity index (χ2n) is 10.9. The maximum atomic E-state index is 12.4. The number of sulfone groups is 2. The highest BCUT2D eigenvalue weighted by atomic mass is 32.2. The van der Waals surface area contributed by atoms with Crippen molar-refractivity contribution < 1.29 is 16.8 Å². The fourth-order valence-electron chi connectivity index (χ4n) is 3.72. The zero-order chi connectivity index (χ0) is 26.8. The minimum atomic E-state index is -3.31. The molecule has 0 saturated heterocycles. The van der Waals surface area contributed by atoms with Crippen LogP contribution in [0.4, 0.5) is 0 Å². The van der Waals surface area contributed by atoms with Crippen LogP contribution < -0.4 is 0 Å². The molecule has 3 aromatic carbocycles. The largest absolute Gasteiger partial charge is 0.223 e. The molecule has 0 radical (unpaired) electrons. The molecule has 38 heavy (non-hydrogen) atoms. The number of rotatable bonds is 3. The number of hydrogen-bond donors (Lipinski definition) is 0. The van der Waals surface area contributed by atoms with Crippen molar-refractivity contribution in [3.63, 3.8) is 0 Å². The van der Waals surface area contributed by atoms with E-state index in [1.807, 2.05) is 69.3 Å². The van der Waals surface area contributed by atoms with Gasteiger partial charge < -0.3 is 0 Å². The minimum absolute atomic E-state index is 0. The molecular weight excluding hydrogens is 512 g/mol. The van der Waals surface area contributed by atoms with Crippen molar-refractivity contribution >= 4 is 19.7 Å². The third-order valence-corrected chi connectivity index (χ3v) is 11.0. The zero-order valence-corrected chi connectivity index (χ0v) is 23.9. The highest BCUT2D eigenvalue weighted by Gasteiger charge is 2.33. The van der Waals surface area contributed by atoms with E-state index in [-0.39, 0.29) is 22.3 Å². The first-order valence-corrected chi connectivity index (χ1v) is 14.6. The second kappa shape index (κ2) is 13.6. The summed E-state index contributed by atoms with van der Waals surface area (Å²) < 4.78 is 48.1. The van der Waals surface area contributed by atoms with Gasteiger partial charge in [-0.1, -0.05) is 82.4 Å². The van der Waals surface area contributed by atoms with Gasteiger partial charge in [0, 0.05) is 0 Å². The van der Waals surface area contributed by atoms with Crippen molar-refractivity contribution in [2.45, 2.75) is 104 Å². The Morgan fingerprint density at radius 2 is 0.947 bits per heavy atom. The first-order valence-electron chi connectivity index (χ1n) is 11.6. The van der Waals surface area contributed by atoms with Gasteiger partial charge in [0.1, 0.15) is 0 Å². The SMILES string of the molecule is C.C.C.CC(C)(C)S(=O)(=O)c1cccc(-c2ccccc2)c1.Cc1cc(C)c(S(=O)(=O)C(C)(C)C)c(C)c1. The average molecular weight is 563 g/mol. The number of hydrogen-bond acceptors (Lipinski definition) is 4. The summed E-state index contributed by atoms with van der Waals surface area (Å²) in [7, 11) is -6.56. The fourth-order valence-corrected chi connectivity index (χ4v) is 6.55. The molecule has 3 aromatic rings. The van der Waals surface area contributed by atoms with Crippen LogP contribution in [0.25, 0.3) is 11.1 Å². The van der Waals surface area contributed by atoms with Crippen molar-refractivity contribution in [3.8, 4) is 11.1 Å². The van der Waals surface area contributed by atoms with E-state index in [2.05, 4.69) is 0 Å². The number of benzene rings is 3. The molecule has 3 rings (SSSR count). The van der Waals surface area contributed by atoms with E-state index >= 15 is 0 Å². The van der Waals surface area contributed by atoms with E-state index in [0.29, 0.717) is 9.79 Å². The summed E-state index contributed by atoms with van der Waals surface area (Å²) in [5.41, 5.74) is 4.72. The topological polar surface area (TPSA) is 68.3 Å². The van der Waals surface area contributed by atoms with Crippen LogP contribution in [0.1, 0.15) is 80.5 Å². The van der Waals surface area contributed by atoms with Gasteiger partial charge in [0.25, 0.3) is 0 Å². The number of aryl methyl sites for hydroxylation is 3. The third-order valence-electron chi connectivity index (χ3n) is 5.74. The Morgan fingerprint density at radius 1 is 0.526 bits per heavy atom. The summed E-state index contributed by atoms with van der Waals surface area (Å²) >= 11 is 0. The predicted octanol–water partition coefficient (Wildman–Crippen LogP) is 9.02. The zero-order valence-electron chi connectivity index (χ0n) is 22.3. The lowest BCUT2D eigenvalue weighted by atomic mass is 10.1. The van der Waals surface area contributed by atoms with Gasteiger partial charge in [0.2, 0.25) is 0 Å². The second-order valence-corrected chi connectivity index (χ2v) is 16.2. The van der Waals surface area contributed by atoms with Crippen LogP contribution in [0.5, 0.6) is 0 Å². The molecule has 0 aromatic heterocycles. The molecule has 0 heterocycles. The van der Waals surface area contributed by atoms with Gasteiger partial charge in [-0.3, -0.25) is 0 Å². The Balaban J connectivity index is 0.